The Morgan fingerprint density at radius 1 is 1.00 bits per heavy atom. The summed E-state index contributed by atoms with van der Waals surface area (Å²) in [6.07, 6.45) is -0.206. The third kappa shape index (κ3) is 3.94. The molecule has 2 aliphatic rings. The number of ether oxygens (including phenoxy) is 1. The zero-order chi connectivity index (χ0) is 23.8. The van der Waals surface area contributed by atoms with Gasteiger partial charge in [-0.15, -0.1) is 0 Å². The lowest BCUT2D eigenvalue weighted by molar-refractivity contribution is -0.146. The summed E-state index contributed by atoms with van der Waals surface area (Å²) >= 11 is 3.38. The summed E-state index contributed by atoms with van der Waals surface area (Å²) < 4.78 is 6.16. The van der Waals surface area contributed by atoms with Crippen LogP contribution in [-0.2, 0) is 9.53 Å². The van der Waals surface area contributed by atoms with E-state index in [0.717, 1.165) is 22.3 Å². The van der Waals surface area contributed by atoms with E-state index in [2.05, 4.69) is 33.4 Å². The summed E-state index contributed by atoms with van der Waals surface area (Å²) in [6.45, 7) is 0.561. The molecule has 1 aliphatic carbocycles. The van der Waals surface area contributed by atoms with Crippen molar-refractivity contribution < 1.29 is 24.2 Å². The Morgan fingerprint density at radius 2 is 1.65 bits per heavy atom. The van der Waals surface area contributed by atoms with E-state index < -0.39 is 18.1 Å². The molecule has 34 heavy (non-hydrogen) atoms. The maximum Gasteiger partial charge on any atom is 0.411 e. The minimum Gasteiger partial charge on any atom is -0.480 e. The van der Waals surface area contributed by atoms with Crippen LogP contribution in [0.3, 0.4) is 0 Å². The van der Waals surface area contributed by atoms with Crippen molar-refractivity contribution in [3.63, 3.8) is 0 Å². The van der Waals surface area contributed by atoms with Crippen LogP contribution in [0.25, 0.3) is 11.1 Å². The van der Waals surface area contributed by atoms with E-state index in [1.54, 1.807) is 12.1 Å². The van der Waals surface area contributed by atoms with Crippen molar-refractivity contribution in [2.45, 2.75) is 18.4 Å². The number of fused-ring (bicyclic) bond motifs is 3. The van der Waals surface area contributed by atoms with Crippen molar-refractivity contribution >= 4 is 39.6 Å². The minimum absolute atomic E-state index is 0.0612. The minimum atomic E-state index is -1.02. The van der Waals surface area contributed by atoms with Gasteiger partial charge in [0.15, 0.2) is 0 Å². The molecule has 0 spiro atoms. The Hall–Kier alpha value is -3.65. The average molecular weight is 521 g/mol. The van der Waals surface area contributed by atoms with Crippen LogP contribution in [-0.4, -0.2) is 47.2 Å². The van der Waals surface area contributed by atoms with E-state index in [4.69, 9.17) is 4.74 Å². The first kappa shape index (κ1) is 22.2. The third-order valence-electron chi connectivity index (χ3n) is 6.36. The first-order chi connectivity index (χ1) is 16.4. The van der Waals surface area contributed by atoms with Crippen LogP contribution < -0.4 is 5.32 Å². The van der Waals surface area contributed by atoms with E-state index in [1.807, 2.05) is 36.4 Å². The summed E-state index contributed by atoms with van der Waals surface area (Å²) in [5.74, 6) is -1.47. The predicted octanol–water partition coefficient (Wildman–Crippen LogP) is 5.11. The van der Waals surface area contributed by atoms with Gasteiger partial charge in [-0.3, -0.25) is 10.1 Å². The summed E-state index contributed by atoms with van der Waals surface area (Å²) in [5, 5.41) is 11.9. The molecule has 5 rings (SSSR count). The summed E-state index contributed by atoms with van der Waals surface area (Å²) in [7, 11) is 0. The molecule has 0 aromatic heterocycles. The SMILES string of the molecule is O=C(Nc1cc(C(=O)N2CCC2C(=O)O)ccc1Br)OCC1c2ccccc2-c2ccccc21. The van der Waals surface area contributed by atoms with Gasteiger partial charge in [-0.05, 0) is 62.8 Å². The average Bonchev–Trinajstić information content (AvgIpc) is 3.12. The van der Waals surface area contributed by atoms with Gasteiger partial charge in [-0.2, -0.15) is 0 Å². The fourth-order valence-corrected chi connectivity index (χ4v) is 4.90. The summed E-state index contributed by atoms with van der Waals surface area (Å²) in [5.41, 5.74) is 5.19. The molecule has 0 radical (unpaired) electrons. The van der Waals surface area contributed by atoms with E-state index in [1.165, 1.54) is 11.0 Å². The van der Waals surface area contributed by atoms with E-state index in [-0.39, 0.29) is 18.4 Å². The molecule has 1 saturated heterocycles. The number of amides is 2. The van der Waals surface area contributed by atoms with E-state index in [9.17, 15) is 19.5 Å². The number of carboxylic acids is 1. The second-order valence-electron chi connectivity index (χ2n) is 8.29. The summed E-state index contributed by atoms with van der Waals surface area (Å²) in [4.78, 5) is 37.9. The number of aliphatic carboxylic acids is 1. The Labute approximate surface area is 204 Å². The number of carbonyl (C=O) groups excluding carboxylic acids is 2. The molecule has 8 heteroatoms. The molecule has 2 N–H and O–H groups in total. The molecule has 3 aromatic carbocycles. The summed E-state index contributed by atoms with van der Waals surface area (Å²) in [6, 6.07) is 20.1. The quantitative estimate of drug-likeness (QED) is 0.487. The fourth-order valence-electron chi connectivity index (χ4n) is 4.55. The lowest BCUT2D eigenvalue weighted by Crippen LogP contribution is -2.55. The highest BCUT2D eigenvalue weighted by molar-refractivity contribution is 9.10. The fraction of sp³-hybridized carbons (Fsp3) is 0.192. The van der Waals surface area contributed by atoms with Gasteiger partial charge < -0.3 is 14.7 Å². The lowest BCUT2D eigenvalue weighted by atomic mass is 9.98. The van der Waals surface area contributed by atoms with Crippen molar-refractivity contribution in [2.75, 3.05) is 18.5 Å². The largest absolute Gasteiger partial charge is 0.480 e. The number of carboxylic acid groups (broad SMARTS) is 1. The van der Waals surface area contributed by atoms with Crippen LogP contribution in [0.1, 0.15) is 33.8 Å². The zero-order valence-corrected chi connectivity index (χ0v) is 19.6. The van der Waals surface area contributed by atoms with Crippen molar-refractivity contribution in [3.05, 3.63) is 87.9 Å². The lowest BCUT2D eigenvalue weighted by Gasteiger charge is -2.38. The Balaban J connectivity index is 1.28. The number of likely N-dealkylation sites (tertiary alicyclic amines) is 1. The van der Waals surface area contributed by atoms with Gasteiger partial charge in [0.1, 0.15) is 12.6 Å². The molecule has 0 saturated carbocycles. The first-order valence-corrected chi connectivity index (χ1v) is 11.7. The van der Waals surface area contributed by atoms with Gasteiger partial charge in [0.2, 0.25) is 0 Å². The second-order valence-corrected chi connectivity index (χ2v) is 9.14. The molecule has 172 valence electrons. The van der Waals surface area contributed by atoms with Gasteiger partial charge in [0.25, 0.3) is 5.91 Å². The highest BCUT2D eigenvalue weighted by atomic mass is 79.9. The number of halogens is 1. The molecule has 1 atom stereocenters. The molecule has 7 nitrogen and oxygen atoms in total. The van der Waals surface area contributed by atoms with Crippen molar-refractivity contribution in [1.82, 2.24) is 4.90 Å². The zero-order valence-electron chi connectivity index (χ0n) is 18.0. The number of rotatable bonds is 5. The second kappa shape index (κ2) is 8.95. The Kier molecular flexibility index (Phi) is 5.83. The first-order valence-electron chi connectivity index (χ1n) is 10.9. The molecule has 1 fully saturated rings. The normalized spacial score (nSPS) is 16.3. The predicted molar refractivity (Wildman–Crippen MR) is 130 cm³/mol. The van der Waals surface area contributed by atoms with Crippen LogP contribution >= 0.6 is 15.9 Å². The maximum absolute atomic E-state index is 12.7. The molecule has 1 heterocycles. The van der Waals surface area contributed by atoms with E-state index >= 15 is 0 Å². The number of benzene rings is 3. The number of nitrogens with zero attached hydrogens (tertiary/aromatic N) is 1. The number of hydrogen-bond acceptors (Lipinski definition) is 4. The van der Waals surface area contributed by atoms with Gasteiger partial charge in [-0.25, -0.2) is 9.59 Å². The molecule has 2 amide bonds. The van der Waals surface area contributed by atoms with Gasteiger partial charge >= 0.3 is 12.1 Å². The highest BCUT2D eigenvalue weighted by Gasteiger charge is 2.38. The van der Waals surface area contributed by atoms with Crippen molar-refractivity contribution in [3.8, 4) is 11.1 Å². The maximum atomic E-state index is 12.7. The number of anilines is 1. The van der Waals surface area contributed by atoms with Crippen LogP contribution in [0.5, 0.6) is 0 Å². The van der Waals surface area contributed by atoms with Gasteiger partial charge in [0, 0.05) is 22.5 Å². The molecule has 1 unspecified atom stereocenters. The van der Waals surface area contributed by atoms with Crippen LogP contribution in [0.4, 0.5) is 10.5 Å². The standard InChI is InChI=1S/C26H21BrN2O5/c27-21-10-9-15(24(30)29-12-11-23(29)25(31)32)13-22(21)28-26(33)34-14-20-18-7-3-1-5-16(18)17-6-2-4-8-19(17)20/h1-10,13,20,23H,11-12,14H2,(H,28,33)(H,31,32). The van der Waals surface area contributed by atoms with Crippen molar-refractivity contribution in [1.29, 1.82) is 0 Å². The molecular weight excluding hydrogens is 500 g/mol. The number of hydrogen-bond donors (Lipinski definition) is 2. The molecular formula is C26H21BrN2O5. The third-order valence-corrected chi connectivity index (χ3v) is 7.05. The van der Waals surface area contributed by atoms with Gasteiger partial charge in [-0.1, -0.05) is 48.5 Å². The molecule has 0 bridgehead atoms. The van der Waals surface area contributed by atoms with Crippen LogP contribution in [0.15, 0.2) is 71.2 Å². The molecule has 1 aliphatic heterocycles. The number of carbonyl (C=O) groups is 3. The smallest absolute Gasteiger partial charge is 0.411 e. The van der Waals surface area contributed by atoms with Crippen molar-refractivity contribution in [2.24, 2.45) is 0 Å². The molecule has 3 aromatic rings. The van der Waals surface area contributed by atoms with Crippen LogP contribution in [0.2, 0.25) is 0 Å². The van der Waals surface area contributed by atoms with Crippen LogP contribution in [0, 0.1) is 0 Å². The van der Waals surface area contributed by atoms with E-state index in [0.29, 0.717) is 28.7 Å². The Bertz CT molecular complexity index is 1260. The highest BCUT2D eigenvalue weighted by Crippen LogP contribution is 2.44. The van der Waals surface area contributed by atoms with Gasteiger partial charge in [0.05, 0.1) is 5.69 Å². The monoisotopic (exact) mass is 520 g/mol. The topological polar surface area (TPSA) is 95.9 Å². The Morgan fingerprint density at radius 3 is 2.24 bits per heavy atom. The number of nitrogens with one attached hydrogen (secondary N) is 1.